The molecule has 0 unspecified atom stereocenters. The summed E-state index contributed by atoms with van der Waals surface area (Å²) in [6.07, 6.45) is 1.71. The Morgan fingerprint density at radius 1 is 1.50 bits per heavy atom. The van der Waals surface area contributed by atoms with E-state index in [-0.39, 0.29) is 45.0 Å². The van der Waals surface area contributed by atoms with Crippen LogP contribution in [-0.4, -0.2) is 67.0 Å². The van der Waals surface area contributed by atoms with Crippen LogP contribution >= 0.6 is 0 Å². The number of rotatable bonds is 5. The first-order chi connectivity index (χ1) is 8.35. The van der Waals surface area contributed by atoms with Crippen LogP contribution in [0.25, 0.3) is 0 Å². The minimum atomic E-state index is -3.24. The van der Waals surface area contributed by atoms with Crippen LogP contribution in [0, 0.1) is 0 Å². The van der Waals surface area contributed by atoms with Gasteiger partial charge in [0.1, 0.15) is 5.60 Å². The van der Waals surface area contributed by atoms with E-state index >= 15 is 0 Å². The number of nitrogens with two attached hydrogens (primary N) is 1. The van der Waals surface area contributed by atoms with Gasteiger partial charge in [0.05, 0.1) is 19.5 Å². The number of aliphatic hydroxyl groups is 1. The molecule has 8 nitrogen and oxygen atoms in total. The number of piperidine rings is 1. The molecule has 0 aromatic heterocycles. The zero-order valence-electron chi connectivity index (χ0n) is 10.2. The number of oxime groups is 1. The molecule has 0 aromatic carbocycles. The molecule has 9 heteroatoms. The average molecular weight is 281 g/mol. The zero-order chi connectivity index (χ0) is 13.8. The summed E-state index contributed by atoms with van der Waals surface area (Å²) in [5, 5.41) is 20.5. The van der Waals surface area contributed by atoms with E-state index < -0.39 is 15.6 Å². The quantitative estimate of drug-likeness (QED) is 0.245. The standard InChI is InChI=1S/C9H19N3O5S/c1-18(15,16)12-4-2-9(3-5-12,8(10)11-14)17-7-6-13/h13-14H,2-7H2,1H3,(H2,10,11). The van der Waals surface area contributed by atoms with Gasteiger partial charge in [0.15, 0.2) is 5.84 Å². The normalized spacial score (nSPS) is 22.0. The summed E-state index contributed by atoms with van der Waals surface area (Å²) in [7, 11) is -3.24. The molecule has 106 valence electrons. The fraction of sp³-hybridized carbons (Fsp3) is 0.889. The van der Waals surface area contributed by atoms with Crippen LogP contribution in [0.1, 0.15) is 12.8 Å². The van der Waals surface area contributed by atoms with Gasteiger partial charge in [-0.05, 0) is 12.8 Å². The lowest BCUT2D eigenvalue weighted by Gasteiger charge is -2.39. The number of aliphatic hydroxyl groups excluding tert-OH is 1. The van der Waals surface area contributed by atoms with Crippen LogP contribution in [0.15, 0.2) is 5.16 Å². The molecule has 0 aromatic rings. The van der Waals surface area contributed by atoms with E-state index in [0.717, 1.165) is 6.26 Å². The highest BCUT2D eigenvalue weighted by Gasteiger charge is 2.41. The SMILES string of the molecule is CS(=O)(=O)N1CCC(OCCO)(C(N)=NO)CC1. The van der Waals surface area contributed by atoms with Crippen molar-refractivity contribution in [2.75, 3.05) is 32.6 Å². The maximum atomic E-state index is 11.4. The highest BCUT2D eigenvalue weighted by Crippen LogP contribution is 2.27. The Morgan fingerprint density at radius 3 is 2.44 bits per heavy atom. The van der Waals surface area contributed by atoms with Gasteiger partial charge in [0.2, 0.25) is 10.0 Å². The predicted octanol–water partition coefficient (Wildman–Crippen LogP) is -1.46. The van der Waals surface area contributed by atoms with Crippen molar-refractivity contribution in [1.82, 2.24) is 4.31 Å². The van der Waals surface area contributed by atoms with Crippen molar-refractivity contribution in [3.63, 3.8) is 0 Å². The Morgan fingerprint density at radius 2 is 2.06 bits per heavy atom. The summed E-state index contributed by atoms with van der Waals surface area (Å²) in [4.78, 5) is 0. The van der Waals surface area contributed by atoms with Gasteiger partial charge in [-0.2, -0.15) is 0 Å². The van der Waals surface area contributed by atoms with Gasteiger partial charge in [0.25, 0.3) is 0 Å². The second-order valence-corrected chi connectivity index (χ2v) is 6.20. The number of ether oxygens (including phenoxy) is 1. The number of sulfonamides is 1. The molecule has 18 heavy (non-hydrogen) atoms. The molecule has 0 atom stereocenters. The molecular formula is C9H19N3O5S. The third kappa shape index (κ3) is 3.31. The number of nitrogens with zero attached hydrogens (tertiary/aromatic N) is 2. The van der Waals surface area contributed by atoms with Crippen molar-refractivity contribution in [3.8, 4) is 0 Å². The van der Waals surface area contributed by atoms with Gasteiger partial charge >= 0.3 is 0 Å². The Labute approximate surface area is 106 Å². The first-order valence-electron chi connectivity index (χ1n) is 5.54. The van der Waals surface area contributed by atoms with E-state index in [1.165, 1.54) is 4.31 Å². The van der Waals surface area contributed by atoms with Crippen molar-refractivity contribution in [2.45, 2.75) is 18.4 Å². The van der Waals surface area contributed by atoms with Crippen LogP contribution in [0.3, 0.4) is 0 Å². The second-order valence-electron chi connectivity index (χ2n) is 4.21. The zero-order valence-corrected chi connectivity index (χ0v) is 11.1. The molecule has 0 bridgehead atoms. The lowest BCUT2D eigenvalue weighted by Crippen LogP contribution is -2.55. The summed E-state index contributed by atoms with van der Waals surface area (Å²) < 4.78 is 29.5. The molecule has 4 N–H and O–H groups in total. The molecule has 0 amide bonds. The number of hydrogen-bond donors (Lipinski definition) is 3. The molecule has 0 spiro atoms. The van der Waals surface area contributed by atoms with Gasteiger partial charge < -0.3 is 20.8 Å². The molecular weight excluding hydrogens is 262 g/mol. The Balaban J connectivity index is 2.79. The van der Waals surface area contributed by atoms with E-state index in [4.69, 9.17) is 20.8 Å². The van der Waals surface area contributed by atoms with Gasteiger partial charge in [-0.15, -0.1) is 0 Å². The summed E-state index contributed by atoms with van der Waals surface area (Å²) in [5.74, 6) is -0.0934. The molecule has 1 fully saturated rings. The average Bonchev–Trinajstić information content (AvgIpc) is 2.34. The summed E-state index contributed by atoms with van der Waals surface area (Å²) in [5.41, 5.74) is 4.60. The maximum absolute atomic E-state index is 11.4. The first kappa shape index (κ1) is 15.2. The van der Waals surface area contributed by atoms with Crippen LogP contribution in [0.5, 0.6) is 0 Å². The number of hydrogen-bond acceptors (Lipinski definition) is 6. The topological polar surface area (TPSA) is 125 Å². The van der Waals surface area contributed by atoms with Crippen LogP contribution in [0.4, 0.5) is 0 Å². The van der Waals surface area contributed by atoms with E-state index in [0.29, 0.717) is 0 Å². The Bertz CT molecular complexity index is 400. The fourth-order valence-corrected chi connectivity index (χ4v) is 2.83. The van der Waals surface area contributed by atoms with E-state index in [9.17, 15) is 8.42 Å². The second kappa shape index (κ2) is 5.83. The van der Waals surface area contributed by atoms with Gasteiger partial charge in [-0.25, -0.2) is 12.7 Å². The van der Waals surface area contributed by atoms with Crippen LogP contribution in [0.2, 0.25) is 0 Å². The third-order valence-electron chi connectivity index (χ3n) is 3.04. The van der Waals surface area contributed by atoms with Crippen molar-refractivity contribution in [2.24, 2.45) is 10.9 Å². The summed E-state index contributed by atoms with van der Waals surface area (Å²) in [6.45, 7) is 0.340. The lowest BCUT2D eigenvalue weighted by atomic mass is 9.91. The molecule has 1 aliphatic heterocycles. The Kier molecular flexibility index (Phi) is 4.91. The maximum Gasteiger partial charge on any atom is 0.211 e. The minimum absolute atomic E-state index is 0.0507. The highest BCUT2D eigenvalue weighted by molar-refractivity contribution is 7.88. The van der Waals surface area contributed by atoms with Crippen LogP contribution < -0.4 is 5.73 Å². The van der Waals surface area contributed by atoms with Crippen molar-refractivity contribution in [1.29, 1.82) is 0 Å². The van der Waals surface area contributed by atoms with Crippen molar-refractivity contribution in [3.05, 3.63) is 0 Å². The van der Waals surface area contributed by atoms with Crippen LogP contribution in [-0.2, 0) is 14.8 Å². The third-order valence-corrected chi connectivity index (χ3v) is 4.35. The fourth-order valence-electron chi connectivity index (χ4n) is 1.99. The monoisotopic (exact) mass is 281 g/mol. The molecule has 1 heterocycles. The minimum Gasteiger partial charge on any atom is -0.409 e. The highest BCUT2D eigenvalue weighted by atomic mass is 32.2. The van der Waals surface area contributed by atoms with Gasteiger partial charge in [-0.1, -0.05) is 5.16 Å². The largest absolute Gasteiger partial charge is 0.409 e. The summed E-state index contributed by atoms with van der Waals surface area (Å²) in [6, 6.07) is 0. The van der Waals surface area contributed by atoms with Gasteiger partial charge in [0, 0.05) is 13.1 Å². The van der Waals surface area contributed by atoms with Crippen molar-refractivity contribution < 1.29 is 23.5 Å². The molecule has 1 saturated heterocycles. The predicted molar refractivity (Wildman–Crippen MR) is 64.8 cm³/mol. The van der Waals surface area contributed by atoms with E-state index in [2.05, 4.69) is 5.16 Å². The molecule has 1 aliphatic rings. The van der Waals surface area contributed by atoms with E-state index in [1.54, 1.807) is 0 Å². The van der Waals surface area contributed by atoms with Gasteiger partial charge in [-0.3, -0.25) is 0 Å². The molecule has 0 aliphatic carbocycles. The summed E-state index contributed by atoms with van der Waals surface area (Å²) >= 11 is 0. The first-order valence-corrected chi connectivity index (χ1v) is 7.38. The number of amidine groups is 1. The lowest BCUT2D eigenvalue weighted by molar-refractivity contribution is -0.0397. The van der Waals surface area contributed by atoms with E-state index in [1.807, 2.05) is 0 Å². The van der Waals surface area contributed by atoms with Crippen molar-refractivity contribution >= 4 is 15.9 Å². The Hall–Kier alpha value is -0.900. The molecule has 0 saturated carbocycles. The molecule has 1 rings (SSSR count). The molecule has 0 radical (unpaired) electrons. The smallest absolute Gasteiger partial charge is 0.211 e.